The fourth-order valence-electron chi connectivity index (χ4n) is 3.91. The largest absolute Gasteiger partial charge is 0.385 e. The van der Waals surface area contributed by atoms with Crippen LogP contribution in [0.2, 0.25) is 0 Å². The second-order valence-corrected chi connectivity index (χ2v) is 8.98. The predicted octanol–water partition coefficient (Wildman–Crippen LogP) is 5.64. The summed E-state index contributed by atoms with van der Waals surface area (Å²) >= 11 is 0. The maximum atomic E-state index is 11.1. The molecule has 0 saturated carbocycles. The van der Waals surface area contributed by atoms with E-state index in [0.717, 1.165) is 70.6 Å². The lowest BCUT2D eigenvalue weighted by Gasteiger charge is -2.44. The van der Waals surface area contributed by atoms with Gasteiger partial charge in [0, 0.05) is 26.4 Å². The number of unbranched alkanes of at least 4 members (excludes halogenated alkanes) is 8. The molecule has 0 aromatic carbocycles. The Morgan fingerprint density at radius 1 is 0.594 bits per heavy atom. The first kappa shape index (κ1) is 29.8. The average molecular weight is 461 g/mol. The lowest BCUT2D eigenvalue weighted by atomic mass is 9.98. The van der Waals surface area contributed by atoms with E-state index >= 15 is 0 Å². The minimum Gasteiger partial charge on any atom is -0.385 e. The van der Waals surface area contributed by atoms with Crippen molar-refractivity contribution in [1.29, 1.82) is 0 Å². The third-order valence-electron chi connectivity index (χ3n) is 5.94. The highest BCUT2D eigenvalue weighted by Crippen LogP contribution is 2.28. The first-order chi connectivity index (χ1) is 15.7. The van der Waals surface area contributed by atoms with Crippen LogP contribution < -0.4 is 0 Å². The molecule has 32 heavy (non-hydrogen) atoms. The van der Waals surface area contributed by atoms with Crippen LogP contribution in [-0.4, -0.2) is 68.8 Å². The van der Waals surface area contributed by atoms with Gasteiger partial charge in [-0.2, -0.15) is 0 Å². The Labute approximate surface area is 197 Å². The van der Waals surface area contributed by atoms with Crippen LogP contribution in [0.15, 0.2) is 0 Å². The zero-order valence-corrected chi connectivity index (χ0v) is 21.4. The SMILES string of the molecule is CCCCCOC[C@H]1OC(OCCCCC)[C@H](O)[C@@H](OCCCCC)[C@@H]1OCCCCC. The molecule has 0 spiro atoms. The van der Waals surface area contributed by atoms with Crippen LogP contribution in [0.3, 0.4) is 0 Å². The summed E-state index contributed by atoms with van der Waals surface area (Å²) in [5.41, 5.74) is 0. The van der Waals surface area contributed by atoms with Gasteiger partial charge in [0.05, 0.1) is 6.61 Å². The lowest BCUT2D eigenvalue weighted by molar-refractivity contribution is -0.315. The summed E-state index contributed by atoms with van der Waals surface area (Å²) in [6.07, 6.45) is 10.3. The topological polar surface area (TPSA) is 66.4 Å². The zero-order chi connectivity index (χ0) is 23.4. The number of ether oxygens (including phenoxy) is 5. The summed E-state index contributed by atoms with van der Waals surface area (Å²) in [5.74, 6) is 0. The number of aliphatic hydroxyl groups excluding tert-OH is 1. The van der Waals surface area contributed by atoms with Crippen molar-refractivity contribution in [2.75, 3.05) is 33.0 Å². The molecule has 1 saturated heterocycles. The fourth-order valence-corrected chi connectivity index (χ4v) is 3.91. The molecule has 0 aromatic rings. The lowest BCUT2D eigenvalue weighted by Crippen LogP contribution is -2.61. The van der Waals surface area contributed by atoms with Crippen LogP contribution >= 0.6 is 0 Å². The molecular weight excluding hydrogens is 408 g/mol. The van der Waals surface area contributed by atoms with Gasteiger partial charge in [-0.15, -0.1) is 0 Å². The summed E-state index contributed by atoms with van der Waals surface area (Å²) in [5, 5.41) is 11.1. The van der Waals surface area contributed by atoms with E-state index in [1.54, 1.807) is 0 Å². The summed E-state index contributed by atoms with van der Waals surface area (Å²) in [6.45, 7) is 11.7. The molecule has 1 aliphatic rings. The van der Waals surface area contributed by atoms with Gasteiger partial charge in [-0.1, -0.05) is 79.1 Å². The molecule has 0 aliphatic carbocycles. The zero-order valence-electron chi connectivity index (χ0n) is 21.4. The Morgan fingerprint density at radius 2 is 1.06 bits per heavy atom. The van der Waals surface area contributed by atoms with Gasteiger partial charge < -0.3 is 28.8 Å². The van der Waals surface area contributed by atoms with Crippen molar-refractivity contribution in [3.8, 4) is 0 Å². The minimum absolute atomic E-state index is 0.311. The highest BCUT2D eigenvalue weighted by Gasteiger charge is 2.47. The van der Waals surface area contributed by atoms with E-state index in [0.29, 0.717) is 33.0 Å². The molecular formula is C26H52O6. The van der Waals surface area contributed by atoms with E-state index in [2.05, 4.69) is 27.7 Å². The molecule has 6 heteroatoms. The molecule has 1 N–H and O–H groups in total. The fraction of sp³-hybridized carbons (Fsp3) is 1.00. The molecule has 0 bridgehead atoms. The minimum atomic E-state index is -0.870. The van der Waals surface area contributed by atoms with Gasteiger partial charge in [0.1, 0.15) is 24.4 Å². The van der Waals surface area contributed by atoms with Gasteiger partial charge in [0.2, 0.25) is 0 Å². The van der Waals surface area contributed by atoms with Crippen LogP contribution in [0.4, 0.5) is 0 Å². The Balaban J connectivity index is 2.81. The van der Waals surface area contributed by atoms with Crippen LogP contribution in [0.5, 0.6) is 0 Å². The van der Waals surface area contributed by atoms with Crippen molar-refractivity contribution < 1.29 is 28.8 Å². The second-order valence-electron chi connectivity index (χ2n) is 8.98. The van der Waals surface area contributed by atoms with E-state index in [9.17, 15) is 5.11 Å². The Morgan fingerprint density at radius 3 is 1.59 bits per heavy atom. The summed E-state index contributed by atoms with van der Waals surface area (Å²) in [6, 6.07) is 0. The highest BCUT2D eigenvalue weighted by molar-refractivity contribution is 4.92. The van der Waals surface area contributed by atoms with Crippen molar-refractivity contribution in [2.24, 2.45) is 0 Å². The molecule has 1 heterocycles. The van der Waals surface area contributed by atoms with Gasteiger partial charge in [-0.05, 0) is 25.7 Å². The Hall–Kier alpha value is -0.240. The standard InChI is InChI=1S/C26H52O6/c1-5-9-13-17-28-21-22-24(29-18-14-10-6-2)25(30-19-15-11-7-3)23(27)26(32-22)31-20-16-12-8-4/h22-27H,5-21H2,1-4H3/t22-,23-,24-,25-,26?/m1/s1. The van der Waals surface area contributed by atoms with Crippen LogP contribution in [0.25, 0.3) is 0 Å². The van der Waals surface area contributed by atoms with E-state index in [4.69, 9.17) is 23.7 Å². The van der Waals surface area contributed by atoms with Crippen molar-refractivity contribution in [1.82, 2.24) is 0 Å². The number of aliphatic hydroxyl groups is 1. The molecule has 1 aliphatic heterocycles. The summed E-state index contributed by atoms with van der Waals surface area (Å²) in [7, 11) is 0. The molecule has 6 nitrogen and oxygen atoms in total. The highest BCUT2D eigenvalue weighted by atomic mass is 16.7. The van der Waals surface area contributed by atoms with Gasteiger partial charge in [-0.25, -0.2) is 0 Å². The number of hydrogen-bond donors (Lipinski definition) is 1. The van der Waals surface area contributed by atoms with Crippen molar-refractivity contribution in [3.63, 3.8) is 0 Å². The molecule has 0 radical (unpaired) electrons. The van der Waals surface area contributed by atoms with Gasteiger partial charge in [0.25, 0.3) is 0 Å². The summed E-state index contributed by atoms with van der Waals surface area (Å²) < 4.78 is 30.6. The first-order valence-electron chi connectivity index (χ1n) is 13.5. The second kappa shape index (κ2) is 20.2. The van der Waals surface area contributed by atoms with Gasteiger partial charge >= 0.3 is 0 Å². The molecule has 1 fully saturated rings. The smallest absolute Gasteiger partial charge is 0.186 e. The summed E-state index contributed by atoms with van der Waals surface area (Å²) in [4.78, 5) is 0. The van der Waals surface area contributed by atoms with E-state index in [-0.39, 0.29) is 12.2 Å². The van der Waals surface area contributed by atoms with E-state index in [1.165, 1.54) is 6.42 Å². The maximum Gasteiger partial charge on any atom is 0.186 e. The van der Waals surface area contributed by atoms with Crippen LogP contribution in [0.1, 0.15) is 105 Å². The Kier molecular flexibility index (Phi) is 18.8. The number of hydrogen-bond acceptors (Lipinski definition) is 6. The molecule has 192 valence electrons. The monoisotopic (exact) mass is 460 g/mol. The van der Waals surface area contributed by atoms with Crippen LogP contribution in [-0.2, 0) is 23.7 Å². The maximum absolute atomic E-state index is 11.1. The molecule has 5 atom stereocenters. The third-order valence-corrected chi connectivity index (χ3v) is 5.94. The molecule has 1 rings (SSSR count). The third kappa shape index (κ3) is 12.3. The van der Waals surface area contributed by atoms with Crippen molar-refractivity contribution in [3.05, 3.63) is 0 Å². The first-order valence-corrected chi connectivity index (χ1v) is 13.5. The van der Waals surface area contributed by atoms with E-state index < -0.39 is 18.5 Å². The van der Waals surface area contributed by atoms with Gasteiger partial charge in [-0.3, -0.25) is 0 Å². The quantitative estimate of drug-likeness (QED) is 0.224. The van der Waals surface area contributed by atoms with Gasteiger partial charge in [0.15, 0.2) is 6.29 Å². The molecule has 0 aromatic heterocycles. The normalized spacial score (nSPS) is 26.0. The molecule has 1 unspecified atom stereocenters. The van der Waals surface area contributed by atoms with Crippen molar-refractivity contribution >= 4 is 0 Å². The average Bonchev–Trinajstić information content (AvgIpc) is 2.80. The predicted molar refractivity (Wildman–Crippen MR) is 129 cm³/mol. The van der Waals surface area contributed by atoms with E-state index in [1.807, 2.05) is 0 Å². The molecule has 0 amide bonds. The Bertz CT molecular complexity index is 396. The number of rotatable bonds is 21. The van der Waals surface area contributed by atoms with Crippen LogP contribution in [0, 0.1) is 0 Å². The van der Waals surface area contributed by atoms with Crippen molar-refractivity contribution in [2.45, 2.75) is 135 Å².